The number of benzene rings is 2. The van der Waals surface area contributed by atoms with Gasteiger partial charge >= 0.3 is 5.97 Å². The molecule has 2 aromatic carbocycles. The highest BCUT2D eigenvalue weighted by molar-refractivity contribution is 6.30. The Labute approximate surface area is 139 Å². The van der Waals surface area contributed by atoms with Gasteiger partial charge in [-0.15, -0.1) is 0 Å². The molecule has 0 heterocycles. The molecule has 0 atom stereocenters. The Kier molecular flexibility index (Phi) is 4.09. The predicted molar refractivity (Wildman–Crippen MR) is 88.8 cm³/mol. The first-order valence-electron chi connectivity index (χ1n) is 7.31. The zero-order valence-corrected chi connectivity index (χ0v) is 13.4. The normalized spacial score (nSPS) is 14.9. The van der Waals surface area contributed by atoms with Crippen molar-refractivity contribution in [2.75, 3.05) is 12.4 Å². The fourth-order valence-electron chi connectivity index (χ4n) is 2.65. The number of carbonyl (C=O) groups is 2. The van der Waals surface area contributed by atoms with Crippen molar-refractivity contribution in [3.63, 3.8) is 0 Å². The SMILES string of the molecule is COC(=O)c1cccc(NC(=O)C2(c3cccc(Cl)c3)CC2)c1. The van der Waals surface area contributed by atoms with Crippen LogP contribution in [0.1, 0.15) is 28.8 Å². The Morgan fingerprint density at radius 3 is 2.52 bits per heavy atom. The standard InChI is InChI=1S/C18H16ClNO3/c1-23-16(21)12-4-2-7-15(10-12)20-17(22)18(8-9-18)13-5-3-6-14(19)11-13/h2-7,10-11H,8-9H2,1H3,(H,20,22). The molecular formula is C18H16ClNO3. The van der Waals surface area contributed by atoms with Crippen molar-refractivity contribution >= 4 is 29.2 Å². The number of esters is 1. The van der Waals surface area contributed by atoms with Crippen molar-refractivity contribution in [3.05, 3.63) is 64.7 Å². The highest BCUT2D eigenvalue weighted by atomic mass is 35.5. The second-order valence-corrected chi connectivity index (χ2v) is 6.06. The summed E-state index contributed by atoms with van der Waals surface area (Å²) in [7, 11) is 1.33. The molecule has 3 rings (SSSR count). The van der Waals surface area contributed by atoms with Gasteiger partial charge in [-0.2, -0.15) is 0 Å². The monoisotopic (exact) mass is 329 g/mol. The van der Waals surface area contributed by atoms with Crippen LogP contribution in [0.5, 0.6) is 0 Å². The molecule has 0 saturated heterocycles. The second kappa shape index (κ2) is 6.05. The summed E-state index contributed by atoms with van der Waals surface area (Å²) in [5, 5.41) is 3.51. The van der Waals surface area contributed by atoms with E-state index >= 15 is 0 Å². The summed E-state index contributed by atoms with van der Waals surface area (Å²) in [6, 6.07) is 14.1. The lowest BCUT2D eigenvalue weighted by molar-refractivity contribution is -0.118. The van der Waals surface area contributed by atoms with Gasteiger partial charge in [-0.3, -0.25) is 4.79 Å². The Morgan fingerprint density at radius 1 is 1.13 bits per heavy atom. The molecule has 118 valence electrons. The van der Waals surface area contributed by atoms with E-state index in [1.807, 2.05) is 18.2 Å². The third kappa shape index (κ3) is 3.08. The van der Waals surface area contributed by atoms with E-state index in [0.717, 1.165) is 18.4 Å². The first kappa shape index (κ1) is 15.6. The van der Waals surface area contributed by atoms with Crippen molar-refractivity contribution in [1.82, 2.24) is 0 Å². The van der Waals surface area contributed by atoms with E-state index in [9.17, 15) is 9.59 Å². The number of rotatable bonds is 4. The van der Waals surface area contributed by atoms with Crippen molar-refractivity contribution < 1.29 is 14.3 Å². The molecular weight excluding hydrogens is 314 g/mol. The van der Waals surface area contributed by atoms with Crippen LogP contribution in [0.25, 0.3) is 0 Å². The van der Waals surface area contributed by atoms with Crippen LogP contribution in [0.15, 0.2) is 48.5 Å². The largest absolute Gasteiger partial charge is 0.465 e. The lowest BCUT2D eigenvalue weighted by Gasteiger charge is -2.16. The molecule has 0 spiro atoms. The van der Waals surface area contributed by atoms with Crippen LogP contribution in [0, 0.1) is 0 Å². The van der Waals surface area contributed by atoms with E-state index in [1.165, 1.54) is 7.11 Å². The first-order chi connectivity index (χ1) is 11.0. The predicted octanol–water partition coefficient (Wildman–Crippen LogP) is 3.80. The van der Waals surface area contributed by atoms with E-state index in [-0.39, 0.29) is 5.91 Å². The van der Waals surface area contributed by atoms with E-state index in [2.05, 4.69) is 5.32 Å². The van der Waals surface area contributed by atoms with E-state index in [1.54, 1.807) is 30.3 Å². The van der Waals surface area contributed by atoms with Gasteiger partial charge in [-0.25, -0.2) is 4.79 Å². The van der Waals surface area contributed by atoms with Crippen molar-refractivity contribution in [3.8, 4) is 0 Å². The highest BCUT2D eigenvalue weighted by Gasteiger charge is 2.51. The summed E-state index contributed by atoms with van der Waals surface area (Å²) in [5.41, 5.74) is 1.38. The summed E-state index contributed by atoms with van der Waals surface area (Å²) in [5.74, 6) is -0.515. The number of ether oxygens (including phenoxy) is 1. The van der Waals surface area contributed by atoms with Gasteiger partial charge < -0.3 is 10.1 Å². The van der Waals surface area contributed by atoms with E-state index < -0.39 is 11.4 Å². The van der Waals surface area contributed by atoms with Gasteiger partial charge in [0.05, 0.1) is 18.1 Å². The van der Waals surface area contributed by atoms with Crippen LogP contribution in [-0.4, -0.2) is 19.0 Å². The van der Waals surface area contributed by atoms with Gasteiger partial charge in [0.25, 0.3) is 0 Å². The average Bonchev–Trinajstić information content (AvgIpc) is 3.36. The van der Waals surface area contributed by atoms with Crippen LogP contribution < -0.4 is 5.32 Å². The lowest BCUT2D eigenvalue weighted by Crippen LogP contribution is -2.27. The Bertz CT molecular complexity index is 768. The smallest absolute Gasteiger partial charge is 0.337 e. The summed E-state index contributed by atoms with van der Waals surface area (Å²) in [6.07, 6.45) is 1.58. The zero-order valence-electron chi connectivity index (χ0n) is 12.6. The van der Waals surface area contributed by atoms with Gasteiger partial charge in [0.15, 0.2) is 0 Å². The maximum absolute atomic E-state index is 12.7. The molecule has 23 heavy (non-hydrogen) atoms. The lowest BCUT2D eigenvalue weighted by atomic mass is 9.95. The van der Waals surface area contributed by atoms with E-state index in [4.69, 9.17) is 16.3 Å². The molecule has 4 nitrogen and oxygen atoms in total. The molecule has 1 amide bonds. The van der Waals surface area contributed by atoms with Gasteiger partial charge in [0, 0.05) is 10.7 Å². The van der Waals surface area contributed by atoms with Crippen molar-refractivity contribution in [2.24, 2.45) is 0 Å². The van der Waals surface area contributed by atoms with Crippen LogP contribution in [-0.2, 0) is 14.9 Å². The first-order valence-corrected chi connectivity index (χ1v) is 7.69. The maximum atomic E-state index is 12.7. The number of amides is 1. The molecule has 2 aromatic rings. The summed E-state index contributed by atoms with van der Waals surface area (Å²) >= 11 is 6.03. The number of hydrogen-bond acceptors (Lipinski definition) is 3. The third-order valence-corrected chi connectivity index (χ3v) is 4.34. The number of halogens is 1. The summed E-state index contributed by atoms with van der Waals surface area (Å²) in [6.45, 7) is 0. The molecule has 1 fully saturated rings. The molecule has 0 aromatic heterocycles. The molecule has 5 heteroatoms. The highest BCUT2D eigenvalue weighted by Crippen LogP contribution is 2.49. The number of hydrogen-bond donors (Lipinski definition) is 1. The van der Waals surface area contributed by atoms with Gasteiger partial charge in [0.2, 0.25) is 5.91 Å². The molecule has 1 aliphatic rings. The molecule has 1 aliphatic carbocycles. The molecule has 0 bridgehead atoms. The second-order valence-electron chi connectivity index (χ2n) is 5.62. The van der Waals surface area contributed by atoms with Crippen LogP contribution in [0.3, 0.4) is 0 Å². The van der Waals surface area contributed by atoms with Crippen LogP contribution >= 0.6 is 11.6 Å². The topological polar surface area (TPSA) is 55.4 Å². The number of methoxy groups -OCH3 is 1. The molecule has 0 unspecified atom stereocenters. The van der Waals surface area contributed by atoms with Crippen molar-refractivity contribution in [2.45, 2.75) is 18.3 Å². The Morgan fingerprint density at radius 2 is 1.87 bits per heavy atom. The average molecular weight is 330 g/mol. The quantitative estimate of drug-likeness (QED) is 0.868. The fourth-order valence-corrected chi connectivity index (χ4v) is 2.84. The van der Waals surface area contributed by atoms with Gasteiger partial charge in [-0.1, -0.05) is 29.8 Å². The number of nitrogens with one attached hydrogen (secondary N) is 1. The molecule has 1 saturated carbocycles. The molecule has 0 radical (unpaired) electrons. The molecule has 1 N–H and O–H groups in total. The summed E-state index contributed by atoms with van der Waals surface area (Å²) < 4.78 is 4.69. The number of carbonyl (C=O) groups excluding carboxylic acids is 2. The van der Waals surface area contributed by atoms with Crippen LogP contribution in [0.4, 0.5) is 5.69 Å². The number of anilines is 1. The Balaban J connectivity index is 1.81. The summed E-state index contributed by atoms with van der Waals surface area (Å²) in [4.78, 5) is 24.3. The fraction of sp³-hybridized carbons (Fsp3) is 0.222. The zero-order chi connectivity index (χ0) is 16.4. The Hall–Kier alpha value is -2.33. The maximum Gasteiger partial charge on any atom is 0.337 e. The minimum absolute atomic E-state index is 0.0817. The minimum Gasteiger partial charge on any atom is -0.465 e. The van der Waals surface area contributed by atoms with E-state index in [0.29, 0.717) is 16.3 Å². The third-order valence-electron chi connectivity index (χ3n) is 4.10. The van der Waals surface area contributed by atoms with Gasteiger partial charge in [0.1, 0.15) is 0 Å². The van der Waals surface area contributed by atoms with Gasteiger partial charge in [-0.05, 0) is 48.7 Å². The van der Waals surface area contributed by atoms with Crippen LogP contribution in [0.2, 0.25) is 5.02 Å². The molecule has 0 aliphatic heterocycles. The minimum atomic E-state index is -0.522. The van der Waals surface area contributed by atoms with Crippen molar-refractivity contribution in [1.29, 1.82) is 0 Å².